The van der Waals surface area contributed by atoms with E-state index in [0.717, 1.165) is 0 Å². The van der Waals surface area contributed by atoms with Crippen LogP contribution in [0.15, 0.2) is 0 Å². The minimum Gasteiger partial charge on any atom is -0.459 e. The van der Waals surface area contributed by atoms with E-state index in [0.29, 0.717) is 0 Å². The highest BCUT2D eigenvalue weighted by Crippen LogP contribution is 2.27. The van der Waals surface area contributed by atoms with Crippen LogP contribution in [0, 0.1) is 5.41 Å². The summed E-state index contributed by atoms with van der Waals surface area (Å²) >= 11 is 0. The highest BCUT2D eigenvalue weighted by Gasteiger charge is 2.40. The molecule has 0 atom stereocenters. The van der Waals surface area contributed by atoms with Crippen molar-refractivity contribution in [3.8, 4) is 0 Å². The predicted octanol–water partition coefficient (Wildman–Crippen LogP) is 3.96. The molecule has 0 aliphatic carbocycles. The van der Waals surface area contributed by atoms with Gasteiger partial charge in [0.2, 0.25) is 0 Å². The highest BCUT2D eigenvalue weighted by molar-refractivity contribution is 5.77. The molecule has 0 N–H and O–H groups in total. The Morgan fingerprint density at radius 2 is 1.00 bits per heavy atom. The molecule has 0 aromatic carbocycles. The molecule has 0 fully saturated rings. The molecule has 0 saturated carbocycles. The summed E-state index contributed by atoms with van der Waals surface area (Å²) in [5.74, 6) is -0.288. The van der Waals surface area contributed by atoms with E-state index in [1.165, 1.54) is 0 Å². The van der Waals surface area contributed by atoms with Crippen LogP contribution >= 0.6 is 0 Å². The lowest BCUT2D eigenvalue weighted by Gasteiger charge is -2.35. The van der Waals surface area contributed by atoms with Crippen molar-refractivity contribution in [2.24, 2.45) is 5.41 Å². The molecule has 0 aliphatic rings. The van der Waals surface area contributed by atoms with Crippen molar-refractivity contribution in [3.05, 3.63) is 0 Å². The first-order valence-electron chi connectivity index (χ1n) is 7.56. The van der Waals surface area contributed by atoms with Crippen molar-refractivity contribution in [2.75, 3.05) is 13.2 Å². The Morgan fingerprint density at radius 1 is 0.667 bits per heavy atom. The van der Waals surface area contributed by atoms with Gasteiger partial charge < -0.3 is 14.2 Å². The van der Waals surface area contributed by atoms with Crippen LogP contribution in [0.4, 0.5) is 0 Å². The molecule has 21 heavy (non-hydrogen) atoms. The van der Waals surface area contributed by atoms with E-state index in [2.05, 4.69) is 0 Å². The number of hydrogen-bond acceptors (Lipinski definition) is 4. The van der Waals surface area contributed by atoms with E-state index in [-0.39, 0.29) is 30.4 Å². The van der Waals surface area contributed by atoms with Crippen molar-refractivity contribution in [2.45, 2.75) is 86.0 Å². The van der Waals surface area contributed by atoms with E-state index in [9.17, 15) is 4.79 Å². The summed E-state index contributed by atoms with van der Waals surface area (Å²) in [5.41, 5.74) is -1.98. The van der Waals surface area contributed by atoms with Gasteiger partial charge in [-0.05, 0) is 69.2 Å². The van der Waals surface area contributed by atoms with Crippen LogP contribution in [0.2, 0.25) is 0 Å². The fourth-order valence-corrected chi connectivity index (χ4v) is 1.31. The van der Waals surface area contributed by atoms with Gasteiger partial charge in [-0.2, -0.15) is 0 Å². The molecule has 0 aromatic heterocycles. The van der Waals surface area contributed by atoms with Gasteiger partial charge in [0.15, 0.2) is 0 Å². The Balaban J connectivity index is 5.02. The standard InChI is InChI=1S/C17H34O4/c1-14(2,3)19-11-17(10,12-20-15(4,5)6)13(18)21-16(7,8)9/h11-12H2,1-10H3. The number of carbonyl (C=O) groups is 1. The largest absolute Gasteiger partial charge is 0.459 e. The summed E-state index contributed by atoms with van der Waals surface area (Å²) in [5, 5.41) is 0. The number of rotatable bonds is 5. The van der Waals surface area contributed by atoms with Crippen LogP contribution in [0.3, 0.4) is 0 Å². The van der Waals surface area contributed by atoms with E-state index < -0.39 is 11.0 Å². The molecule has 0 amide bonds. The summed E-state index contributed by atoms with van der Waals surface area (Å²) in [6.07, 6.45) is 0. The summed E-state index contributed by atoms with van der Waals surface area (Å²) in [4.78, 5) is 12.5. The lowest BCUT2D eigenvalue weighted by atomic mass is 9.91. The van der Waals surface area contributed by atoms with Crippen molar-refractivity contribution in [1.82, 2.24) is 0 Å². The predicted molar refractivity (Wildman–Crippen MR) is 85.4 cm³/mol. The minimum absolute atomic E-state index is 0.265. The second-order valence-corrected chi connectivity index (χ2v) is 8.86. The van der Waals surface area contributed by atoms with Crippen LogP contribution in [0.1, 0.15) is 69.2 Å². The number of hydrogen-bond donors (Lipinski definition) is 0. The van der Waals surface area contributed by atoms with Crippen LogP contribution in [0.5, 0.6) is 0 Å². The molecule has 0 unspecified atom stereocenters. The molecule has 0 radical (unpaired) electrons. The normalized spacial score (nSPS) is 14.2. The van der Waals surface area contributed by atoms with Crippen LogP contribution < -0.4 is 0 Å². The maximum absolute atomic E-state index is 12.5. The van der Waals surface area contributed by atoms with E-state index in [1.807, 2.05) is 69.2 Å². The SMILES string of the molecule is CC(C)(C)OCC(C)(COC(C)(C)C)C(=O)OC(C)(C)C. The zero-order chi connectivity index (χ0) is 17.1. The van der Waals surface area contributed by atoms with E-state index >= 15 is 0 Å². The fourth-order valence-electron chi connectivity index (χ4n) is 1.31. The third-order valence-electron chi connectivity index (χ3n) is 2.54. The zero-order valence-corrected chi connectivity index (χ0v) is 15.5. The third kappa shape index (κ3) is 9.86. The Bertz CT molecular complexity index is 321. The molecule has 0 rings (SSSR count). The number of esters is 1. The molecule has 4 nitrogen and oxygen atoms in total. The number of carbonyl (C=O) groups excluding carboxylic acids is 1. The first-order chi connectivity index (χ1) is 9.04. The molecule has 0 heterocycles. The summed E-state index contributed by atoms with van der Waals surface area (Å²) in [6, 6.07) is 0. The van der Waals surface area contributed by atoms with Gasteiger partial charge in [0.05, 0.1) is 24.4 Å². The lowest BCUT2D eigenvalue weighted by Crippen LogP contribution is -2.45. The fraction of sp³-hybridized carbons (Fsp3) is 0.941. The quantitative estimate of drug-likeness (QED) is 0.721. The molecule has 4 heteroatoms. The molecular formula is C17H34O4. The first-order valence-corrected chi connectivity index (χ1v) is 7.56. The summed E-state index contributed by atoms with van der Waals surface area (Å²) in [7, 11) is 0. The average molecular weight is 302 g/mol. The molecule has 0 spiro atoms. The minimum atomic E-state index is -0.826. The van der Waals surface area contributed by atoms with Crippen LogP contribution in [0.25, 0.3) is 0 Å². The third-order valence-corrected chi connectivity index (χ3v) is 2.54. The second kappa shape index (κ2) is 6.66. The Kier molecular flexibility index (Phi) is 6.46. The van der Waals surface area contributed by atoms with Crippen molar-refractivity contribution in [3.63, 3.8) is 0 Å². The monoisotopic (exact) mass is 302 g/mol. The Morgan fingerprint density at radius 3 is 1.24 bits per heavy atom. The van der Waals surface area contributed by atoms with Gasteiger partial charge >= 0.3 is 5.97 Å². The second-order valence-electron chi connectivity index (χ2n) is 8.86. The lowest BCUT2D eigenvalue weighted by molar-refractivity contribution is -0.182. The zero-order valence-electron chi connectivity index (χ0n) is 15.5. The van der Waals surface area contributed by atoms with Gasteiger partial charge in [-0.15, -0.1) is 0 Å². The molecule has 0 aromatic rings. The van der Waals surface area contributed by atoms with Crippen molar-refractivity contribution in [1.29, 1.82) is 0 Å². The van der Waals surface area contributed by atoms with Gasteiger partial charge in [0.25, 0.3) is 0 Å². The highest BCUT2D eigenvalue weighted by atomic mass is 16.6. The molecule has 0 bridgehead atoms. The summed E-state index contributed by atoms with van der Waals surface area (Å²) < 4.78 is 17.2. The maximum Gasteiger partial charge on any atom is 0.317 e. The maximum atomic E-state index is 12.5. The molecule has 0 saturated heterocycles. The van der Waals surface area contributed by atoms with Gasteiger partial charge in [0.1, 0.15) is 11.0 Å². The van der Waals surface area contributed by atoms with Crippen molar-refractivity contribution < 1.29 is 19.0 Å². The topological polar surface area (TPSA) is 44.8 Å². The van der Waals surface area contributed by atoms with E-state index in [4.69, 9.17) is 14.2 Å². The Labute approximate surface area is 130 Å². The van der Waals surface area contributed by atoms with Gasteiger partial charge in [-0.1, -0.05) is 0 Å². The van der Waals surface area contributed by atoms with Crippen LogP contribution in [-0.2, 0) is 19.0 Å². The van der Waals surface area contributed by atoms with Crippen molar-refractivity contribution >= 4 is 5.97 Å². The average Bonchev–Trinajstić information content (AvgIpc) is 2.19. The van der Waals surface area contributed by atoms with Gasteiger partial charge in [-0.3, -0.25) is 4.79 Å². The Hall–Kier alpha value is -0.610. The molecule has 126 valence electrons. The smallest absolute Gasteiger partial charge is 0.317 e. The van der Waals surface area contributed by atoms with E-state index in [1.54, 1.807) is 0 Å². The van der Waals surface area contributed by atoms with Gasteiger partial charge in [0, 0.05) is 0 Å². The number of ether oxygens (including phenoxy) is 3. The van der Waals surface area contributed by atoms with Crippen LogP contribution in [-0.4, -0.2) is 36.0 Å². The summed E-state index contributed by atoms with van der Waals surface area (Å²) in [6.45, 7) is 19.7. The first kappa shape index (κ1) is 20.4. The van der Waals surface area contributed by atoms with Gasteiger partial charge in [-0.25, -0.2) is 0 Å². The molecular weight excluding hydrogens is 268 g/mol. The molecule has 0 aliphatic heterocycles.